The summed E-state index contributed by atoms with van der Waals surface area (Å²) in [7, 11) is 1.71. The zero-order valence-corrected chi connectivity index (χ0v) is 12.5. The third-order valence-corrected chi connectivity index (χ3v) is 3.58. The number of amides is 1. The summed E-state index contributed by atoms with van der Waals surface area (Å²) in [5.41, 5.74) is -0.185. The Morgan fingerprint density at radius 3 is 2.67 bits per heavy atom. The molecule has 0 aliphatic rings. The second kappa shape index (κ2) is 5.88. The number of nitrogens with one attached hydrogen (secondary N) is 1. The van der Waals surface area contributed by atoms with Gasteiger partial charge in [0.15, 0.2) is 0 Å². The molecule has 1 aromatic heterocycles. The predicted octanol–water partition coefficient (Wildman–Crippen LogP) is 3.13. The van der Waals surface area contributed by atoms with E-state index in [4.69, 9.17) is 0 Å². The van der Waals surface area contributed by atoms with Crippen molar-refractivity contribution in [1.29, 1.82) is 0 Å². The van der Waals surface area contributed by atoms with Crippen molar-refractivity contribution >= 4 is 21.8 Å². The van der Waals surface area contributed by atoms with Crippen molar-refractivity contribution < 1.29 is 18.0 Å². The van der Waals surface area contributed by atoms with Crippen molar-refractivity contribution in [2.45, 2.75) is 12.7 Å². The van der Waals surface area contributed by atoms with E-state index in [-0.39, 0.29) is 12.1 Å². The van der Waals surface area contributed by atoms with Crippen LogP contribution in [0.4, 0.5) is 13.2 Å². The average molecular weight is 362 g/mol. The molecule has 1 amide bonds. The highest BCUT2D eigenvalue weighted by molar-refractivity contribution is 9.10. The first-order chi connectivity index (χ1) is 9.79. The highest BCUT2D eigenvalue weighted by Gasteiger charge is 2.31. The number of aromatic nitrogens is 2. The lowest BCUT2D eigenvalue weighted by atomic mass is 10.1. The third-order valence-electron chi connectivity index (χ3n) is 2.89. The quantitative estimate of drug-likeness (QED) is 0.912. The molecule has 0 saturated heterocycles. The minimum absolute atomic E-state index is 0.0630. The second-order valence-electron chi connectivity index (χ2n) is 4.32. The van der Waals surface area contributed by atoms with Crippen molar-refractivity contribution in [1.82, 2.24) is 15.1 Å². The molecule has 8 heteroatoms. The van der Waals surface area contributed by atoms with E-state index in [1.54, 1.807) is 24.0 Å². The number of nitrogens with zero attached hydrogens (tertiary/aromatic N) is 2. The number of hydrogen-bond acceptors (Lipinski definition) is 2. The van der Waals surface area contributed by atoms with E-state index in [2.05, 4.69) is 26.3 Å². The van der Waals surface area contributed by atoms with Gasteiger partial charge in [0.25, 0.3) is 5.91 Å². The van der Waals surface area contributed by atoms with Gasteiger partial charge in [-0.05, 0) is 40.2 Å². The SMILES string of the molecule is Cn1nccc1CNC(=O)c1cc(C(F)(F)F)ccc1Br. The minimum Gasteiger partial charge on any atom is -0.346 e. The van der Waals surface area contributed by atoms with E-state index in [9.17, 15) is 18.0 Å². The molecule has 112 valence electrons. The fourth-order valence-corrected chi connectivity index (χ4v) is 2.14. The lowest BCUT2D eigenvalue weighted by Crippen LogP contribution is -2.25. The molecule has 0 atom stereocenters. The molecule has 0 aliphatic heterocycles. The van der Waals surface area contributed by atoms with Crippen molar-refractivity contribution in [3.63, 3.8) is 0 Å². The van der Waals surface area contributed by atoms with Gasteiger partial charge in [0.05, 0.1) is 23.4 Å². The van der Waals surface area contributed by atoms with Crippen LogP contribution in [0.15, 0.2) is 34.9 Å². The summed E-state index contributed by atoms with van der Waals surface area (Å²) in [5.74, 6) is -0.589. The van der Waals surface area contributed by atoms with Crippen LogP contribution in [0.1, 0.15) is 21.6 Å². The molecular weight excluding hydrogens is 351 g/mol. The molecule has 0 bridgehead atoms. The highest BCUT2D eigenvalue weighted by atomic mass is 79.9. The van der Waals surface area contributed by atoms with Crippen molar-refractivity contribution in [2.24, 2.45) is 7.05 Å². The Morgan fingerprint density at radius 1 is 1.38 bits per heavy atom. The Balaban J connectivity index is 2.17. The largest absolute Gasteiger partial charge is 0.416 e. The molecule has 0 radical (unpaired) electrons. The molecule has 0 fully saturated rings. The number of hydrogen-bond donors (Lipinski definition) is 1. The van der Waals surface area contributed by atoms with Gasteiger partial charge in [-0.2, -0.15) is 18.3 Å². The first-order valence-electron chi connectivity index (χ1n) is 5.91. The van der Waals surface area contributed by atoms with Gasteiger partial charge in [0.1, 0.15) is 0 Å². The average Bonchev–Trinajstić information content (AvgIpc) is 2.80. The Kier molecular flexibility index (Phi) is 4.36. The number of benzene rings is 1. The van der Waals surface area contributed by atoms with Crippen molar-refractivity contribution in [3.8, 4) is 0 Å². The van der Waals surface area contributed by atoms with Gasteiger partial charge < -0.3 is 5.32 Å². The number of rotatable bonds is 3. The molecule has 0 spiro atoms. The van der Waals surface area contributed by atoms with Gasteiger partial charge in [-0.15, -0.1) is 0 Å². The van der Waals surface area contributed by atoms with Crippen LogP contribution in [-0.4, -0.2) is 15.7 Å². The third kappa shape index (κ3) is 3.63. The first kappa shape index (κ1) is 15.6. The van der Waals surface area contributed by atoms with Crippen LogP contribution in [0.5, 0.6) is 0 Å². The topological polar surface area (TPSA) is 46.9 Å². The molecule has 1 heterocycles. The first-order valence-corrected chi connectivity index (χ1v) is 6.70. The molecular formula is C13H11BrF3N3O. The van der Waals surface area contributed by atoms with Crippen LogP contribution in [0.2, 0.25) is 0 Å². The summed E-state index contributed by atoms with van der Waals surface area (Å²) in [6.07, 6.45) is -2.92. The van der Waals surface area contributed by atoms with Crippen molar-refractivity contribution in [3.05, 3.63) is 51.8 Å². The summed E-state index contributed by atoms with van der Waals surface area (Å²) in [5, 5.41) is 6.50. The maximum absolute atomic E-state index is 12.7. The summed E-state index contributed by atoms with van der Waals surface area (Å²) in [6.45, 7) is 0.179. The number of alkyl halides is 3. The molecule has 0 saturated carbocycles. The van der Waals surface area contributed by atoms with E-state index < -0.39 is 17.6 Å². The van der Waals surface area contributed by atoms with E-state index in [0.717, 1.165) is 17.8 Å². The number of aryl methyl sites for hydroxylation is 1. The molecule has 0 unspecified atom stereocenters. The van der Waals surface area contributed by atoms with Gasteiger partial charge in [-0.25, -0.2) is 0 Å². The molecule has 4 nitrogen and oxygen atoms in total. The minimum atomic E-state index is -4.49. The van der Waals surface area contributed by atoms with Crippen LogP contribution in [0.25, 0.3) is 0 Å². The zero-order chi connectivity index (χ0) is 15.6. The predicted molar refractivity (Wildman–Crippen MR) is 73.5 cm³/mol. The fraction of sp³-hybridized carbons (Fsp3) is 0.231. The highest BCUT2D eigenvalue weighted by Crippen LogP contribution is 2.31. The van der Waals surface area contributed by atoms with Gasteiger partial charge in [0.2, 0.25) is 0 Å². The van der Waals surface area contributed by atoms with Crippen LogP contribution in [0, 0.1) is 0 Å². The molecule has 2 rings (SSSR count). The van der Waals surface area contributed by atoms with Gasteiger partial charge in [0, 0.05) is 17.7 Å². The molecule has 1 N–H and O–H groups in total. The maximum atomic E-state index is 12.7. The molecule has 21 heavy (non-hydrogen) atoms. The molecule has 2 aromatic rings. The van der Waals surface area contributed by atoms with E-state index in [1.807, 2.05) is 0 Å². The van der Waals surface area contributed by atoms with Gasteiger partial charge in [-0.1, -0.05) is 0 Å². The number of halogens is 4. The van der Waals surface area contributed by atoms with E-state index in [1.165, 1.54) is 6.07 Å². The van der Waals surface area contributed by atoms with Gasteiger partial charge in [-0.3, -0.25) is 9.48 Å². The summed E-state index contributed by atoms with van der Waals surface area (Å²) in [4.78, 5) is 12.0. The molecule has 0 aliphatic carbocycles. The normalized spacial score (nSPS) is 11.5. The Morgan fingerprint density at radius 2 is 2.10 bits per heavy atom. The van der Waals surface area contributed by atoms with E-state index in [0.29, 0.717) is 4.47 Å². The van der Waals surface area contributed by atoms with Crippen LogP contribution >= 0.6 is 15.9 Å². The summed E-state index contributed by atoms with van der Waals surface area (Å²) >= 11 is 3.09. The lowest BCUT2D eigenvalue weighted by Gasteiger charge is -2.11. The fourth-order valence-electron chi connectivity index (χ4n) is 1.72. The Hall–Kier alpha value is -1.83. The van der Waals surface area contributed by atoms with Crippen LogP contribution < -0.4 is 5.32 Å². The van der Waals surface area contributed by atoms with Gasteiger partial charge >= 0.3 is 6.18 Å². The van der Waals surface area contributed by atoms with E-state index >= 15 is 0 Å². The maximum Gasteiger partial charge on any atom is 0.416 e. The number of carbonyl (C=O) groups is 1. The zero-order valence-electron chi connectivity index (χ0n) is 10.9. The lowest BCUT2D eigenvalue weighted by molar-refractivity contribution is -0.137. The summed E-state index contributed by atoms with van der Waals surface area (Å²) < 4.78 is 39.9. The Bertz CT molecular complexity index is 667. The summed E-state index contributed by atoms with van der Waals surface area (Å²) in [6, 6.07) is 4.66. The van der Waals surface area contributed by atoms with Crippen LogP contribution in [-0.2, 0) is 19.8 Å². The molecule has 1 aromatic carbocycles. The second-order valence-corrected chi connectivity index (χ2v) is 5.18. The number of carbonyl (C=O) groups excluding carboxylic acids is 1. The smallest absolute Gasteiger partial charge is 0.346 e. The Labute approximate surface area is 127 Å². The monoisotopic (exact) mass is 361 g/mol. The van der Waals surface area contributed by atoms with Crippen LogP contribution in [0.3, 0.4) is 0 Å². The van der Waals surface area contributed by atoms with Crippen molar-refractivity contribution in [2.75, 3.05) is 0 Å². The standard InChI is InChI=1S/C13H11BrF3N3O/c1-20-9(4-5-19-20)7-18-12(21)10-6-8(13(15,16)17)2-3-11(10)14/h2-6H,7H2,1H3,(H,18,21).